The summed E-state index contributed by atoms with van der Waals surface area (Å²) in [5.41, 5.74) is 2.14. The minimum absolute atomic E-state index is 0.0529. The van der Waals surface area contributed by atoms with Crippen molar-refractivity contribution in [3.63, 3.8) is 0 Å². The lowest BCUT2D eigenvalue weighted by Crippen LogP contribution is -3.15. The van der Waals surface area contributed by atoms with Crippen LogP contribution in [0, 0.1) is 5.82 Å². The molecule has 1 aromatic heterocycles. The van der Waals surface area contributed by atoms with E-state index in [2.05, 4.69) is 40.3 Å². The summed E-state index contributed by atoms with van der Waals surface area (Å²) in [6.45, 7) is 7.72. The fourth-order valence-electron chi connectivity index (χ4n) is 4.20. The lowest BCUT2D eigenvalue weighted by atomic mass is 10.0. The van der Waals surface area contributed by atoms with E-state index in [9.17, 15) is 4.39 Å². The van der Waals surface area contributed by atoms with Crippen molar-refractivity contribution in [1.82, 2.24) is 20.2 Å². The van der Waals surface area contributed by atoms with Crippen molar-refractivity contribution in [2.24, 2.45) is 0 Å². The number of aromatic nitrogens is 4. The number of tetrazole rings is 1. The van der Waals surface area contributed by atoms with Gasteiger partial charge in [0, 0.05) is 5.56 Å². The van der Waals surface area contributed by atoms with Crippen LogP contribution in [-0.2, 0) is 0 Å². The van der Waals surface area contributed by atoms with Crippen LogP contribution in [0.2, 0.25) is 0 Å². The molecule has 8 heteroatoms. The van der Waals surface area contributed by atoms with Gasteiger partial charge >= 0.3 is 0 Å². The van der Waals surface area contributed by atoms with E-state index >= 15 is 0 Å². The quantitative estimate of drug-likeness (QED) is 0.671. The third kappa shape index (κ3) is 4.00. The Bertz CT molecular complexity index is 966. The van der Waals surface area contributed by atoms with Crippen molar-refractivity contribution in [2.75, 3.05) is 38.2 Å². The van der Waals surface area contributed by atoms with Crippen molar-refractivity contribution in [1.29, 1.82) is 0 Å². The molecule has 0 bridgehead atoms. The van der Waals surface area contributed by atoms with Crippen LogP contribution in [0.5, 0.6) is 5.75 Å². The minimum atomic E-state index is -0.239. The van der Waals surface area contributed by atoms with E-state index in [1.807, 2.05) is 35.0 Å². The van der Waals surface area contributed by atoms with E-state index in [0.717, 1.165) is 49.0 Å². The van der Waals surface area contributed by atoms with Gasteiger partial charge in [0.25, 0.3) is 0 Å². The molecule has 30 heavy (non-hydrogen) atoms. The highest BCUT2D eigenvalue weighted by Crippen LogP contribution is 2.28. The Kier molecular flexibility index (Phi) is 5.94. The number of para-hydroxylation sites is 2. The van der Waals surface area contributed by atoms with Gasteiger partial charge in [0.1, 0.15) is 11.6 Å². The van der Waals surface area contributed by atoms with Crippen LogP contribution >= 0.6 is 0 Å². The van der Waals surface area contributed by atoms with Gasteiger partial charge < -0.3 is 14.5 Å². The van der Waals surface area contributed by atoms with Crippen LogP contribution in [0.15, 0.2) is 48.5 Å². The highest BCUT2D eigenvalue weighted by molar-refractivity contribution is 5.58. The van der Waals surface area contributed by atoms with Gasteiger partial charge in [-0.2, -0.15) is 0 Å². The van der Waals surface area contributed by atoms with Crippen LogP contribution in [0.1, 0.15) is 37.3 Å². The molecule has 1 aliphatic heterocycles. The number of hydrogen-bond acceptors (Lipinski definition) is 5. The normalized spacial score (nSPS) is 16.1. The molecule has 4 rings (SSSR count). The molecule has 1 fully saturated rings. The van der Waals surface area contributed by atoms with Crippen LogP contribution in [0.4, 0.5) is 10.1 Å². The zero-order valence-electron chi connectivity index (χ0n) is 17.6. The van der Waals surface area contributed by atoms with Crippen molar-refractivity contribution < 1.29 is 14.0 Å². The van der Waals surface area contributed by atoms with Gasteiger partial charge in [0.15, 0.2) is 6.04 Å². The Hall–Kier alpha value is -3.00. The topological polar surface area (TPSA) is 60.5 Å². The second kappa shape index (κ2) is 8.79. The number of halogens is 1. The SMILES string of the molecule is COc1ccccc1N1CC[NH+]([C@H](c2ccc(F)cc2)c2nnnn2C(C)C)CC1. The molecule has 1 saturated heterocycles. The second-order valence-electron chi connectivity index (χ2n) is 7.88. The van der Waals surface area contributed by atoms with E-state index in [-0.39, 0.29) is 17.9 Å². The van der Waals surface area contributed by atoms with E-state index in [1.165, 1.54) is 17.0 Å². The van der Waals surface area contributed by atoms with Crippen molar-refractivity contribution in [3.05, 3.63) is 65.7 Å². The molecule has 2 aromatic carbocycles. The fourth-order valence-corrected chi connectivity index (χ4v) is 4.20. The number of nitrogens with one attached hydrogen (secondary N) is 1. The van der Waals surface area contributed by atoms with Gasteiger partial charge in [0.2, 0.25) is 5.82 Å². The van der Waals surface area contributed by atoms with E-state index in [0.29, 0.717) is 0 Å². The molecule has 0 aliphatic carbocycles. The third-order valence-electron chi connectivity index (χ3n) is 5.71. The molecule has 0 radical (unpaired) electrons. The molecule has 2 heterocycles. The zero-order chi connectivity index (χ0) is 21.1. The van der Waals surface area contributed by atoms with Gasteiger partial charge in [-0.15, -0.1) is 5.10 Å². The smallest absolute Gasteiger partial charge is 0.214 e. The summed E-state index contributed by atoms with van der Waals surface area (Å²) in [5, 5.41) is 12.5. The molecule has 0 amide bonds. The molecular formula is C22H28FN6O+. The average Bonchev–Trinajstić information content (AvgIpc) is 3.25. The van der Waals surface area contributed by atoms with Crippen LogP contribution in [0.3, 0.4) is 0 Å². The molecule has 3 aromatic rings. The third-order valence-corrected chi connectivity index (χ3v) is 5.71. The number of anilines is 1. The Morgan fingerprint density at radius 3 is 2.40 bits per heavy atom. The molecule has 158 valence electrons. The number of quaternary nitrogens is 1. The highest BCUT2D eigenvalue weighted by atomic mass is 19.1. The molecule has 0 spiro atoms. The second-order valence-corrected chi connectivity index (χ2v) is 7.88. The minimum Gasteiger partial charge on any atom is -0.495 e. The average molecular weight is 412 g/mol. The zero-order valence-corrected chi connectivity index (χ0v) is 17.6. The summed E-state index contributed by atoms with van der Waals surface area (Å²) in [5.74, 6) is 1.47. The predicted octanol–water partition coefficient (Wildman–Crippen LogP) is 1.90. The standard InChI is InChI=1S/C22H27FN6O/c1-16(2)29-22(24-25-26-29)21(17-8-10-18(23)11-9-17)28-14-12-27(13-15-28)19-6-4-5-7-20(19)30-3/h4-11,16,21H,12-15H2,1-3H3/p+1/t21-/m1/s1. The number of benzene rings is 2. The number of rotatable bonds is 6. The fraction of sp³-hybridized carbons (Fsp3) is 0.409. The first-order chi connectivity index (χ1) is 14.6. The summed E-state index contributed by atoms with van der Waals surface area (Å²) in [6, 6.07) is 14.9. The van der Waals surface area contributed by atoms with E-state index in [1.54, 1.807) is 7.11 Å². The van der Waals surface area contributed by atoms with Crippen molar-refractivity contribution >= 4 is 5.69 Å². The number of hydrogen-bond donors (Lipinski definition) is 1. The van der Waals surface area contributed by atoms with Gasteiger partial charge in [0.05, 0.1) is 45.0 Å². The summed E-state index contributed by atoms with van der Waals surface area (Å²) in [7, 11) is 1.70. The number of ether oxygens (including phenoxy) is 1. The maximum absolute atomic E-state index is 13.6. The molecule has 1 aliphatic rings. The first-order valence-corrected chi connectivity index (χ1v) is 10.3. The summed E-state index contributed by atoms with van der Waals surface area (Å²) >= 11 is 0. The first-order valence-electron chi connectivity index (χ1n) is 10.3. The highest BCUT2D eigenvalue weighted by Gasteiger charge is 2.35. The maximum atomic E-state index is 13.6. The number of piperazine rings is 1. The Morgan fingerprint density at radius 1 is 1.03 bits per heavy atom. The molecule has 0 saturated carbocycles. The van der Waals surface area contributed by atoms with E-state index in [4.69, 9.17) is 4.74 Å². The predicted molar refractivity (Wildman–Crippen MR) is 112 cm³/mol. The number of nitrogens with zero attached hydrogens (tertiary/aromatic N) is 5. The lowest BCUT2D eigenvalue weighted by Gasteiger charge is -2.37. The van der Waals surface area contributed by atoms with Crippen LogP contribution in [0.25, 0.3) is 0 Å². The van der Waals surface area contributed by atoms with Gasteiger partial charge in [-0.1, -0.05) is 12.1 Å². The maximum Gasteiger partial charge on any atom is 0.214 e. The Morgan fingerprint density at radius 2 is 1.73 bits per heavy atom. The summed E-state index contributed by atoms with van der Waals surface area (Å²) in [6.07, 6.45) is 0. The van der Waals surface area contributed by atoms with Crippen molar-refractivity contribution in [3.8, 4) is 5.75 Å². The summed E-state index contributed by atoms with van der Waals surface area (Å²) in [4.78, 5) is 3.72. The van der Waals surface area contributed by atoms with Crippen LogP contribution < -0.4 is 14.5 Å². The van der Waals surface area contributed by atoms with E-state index < -0.39 is 0 Å². The Labute approximate surface area is 176 Å². The van der Waals surface area contributed by atoms with Gasteiger partial charge in [-0.05, 0) is 60.7 Å². The van der Waals surface area contributed by atoms with Gasteiger partial charge in [-0.3, -0.25) is 0 Å². The number of methoxy groups -OCH3 is 1. The Balaban J connectivity index is 1.61. The lowest BCUT2D eigenvalue weighted by molar-refractivity contribution is -0.927. The molecule has 1 N–H and O–H groups in total. The van der Waals surface area contributed by atoms with Crippen molar-refractivity contribution in [2.45, 2.75) is 25.9 Å². The van der Waals surface area contributed by atoms with Crippen LogP contribution in [-0.4, -0.2) is 53.5 Å². The van der Waals surface area contributed by atoms with Gasteiger partial charge in [-0.25, -0.2) is 9.07 Å². The largest absolute Gasteiger partial charge is 0.495 e. The molecule has 1 atom stereocenters. The summed E-state index contributed by atoms with van der Waals surface area (Å²) < 4.78 is 21.0. The first kappa shape index (κ1) is 20.3. The molecule has 7 nitrogen and oxygen atoms in total. The molecular weight excluding hydrogens is 383 g/mol. The molecule has 0 unspecified atom stereocenters. The monoisotopic (exact) mass is 411 g/mol.